The lowest BCUT2D eigenvalue weighted by Gasteiger charge is -2.13. The maximum absolute atomic E-state index is 12.5. The number of hydrogen-bond donors (Lipinski definition) is 1. The first-order valence-corrected chi connectivity index (χ1v) is 8.59. The number of carbonyl (C=O) groups excluding carboxylic acids is 1. The highest BCUT2D eigenvalue weighted by molar-refractivity contribution is 6.30. The largest absolute Gasteiger partial charge is 0.468 e. The molecule has 0 amide bonds. The topological polar surface area (TPSA) is 67.9 Å². The van der Waals surface area contributed by atoms with Crippen LogP contribution in [0.1, 0.15) is 21.7 Å². The fraction of sp³-hybridized carbons (Fsp3) is 0.211. The third kappa shape index (κ3) is 5.10. The second kappa shape index (κ2) is 8.02. The van der Waals surface area contributed by atoms with E-state index in [9.17, 15) is 18.0 Å². The summed E-state index contributed by atoms with van der Waals surface area (Å²) in [4.78, 5) is 16.4. The number of pyridine rings is 1. The molecule has 28 heavy (non-hydrogen) atoms. The molecule has 0 aliphatic carbocycles. The molecule has 0 bridgehead atoms. The molecule has 2 heterocycles. The van der Waals surface area contributed by atoms with Crippen LogP contribution < -0.4 is 4.74 Å². The quantitative estimate of drug-likeness (QED) is 0.594. The number of ether oxygens (including phenoxy) is 1. The number of benzene rings is 1. The maximum Gasteiger partial charge on any atom is 0.422 e. The molecular weight excluding hydrogens is 395 g/mol. The summed E-state index contributed by atoms with van der Waals surface area (Å²) in [6, 6.07) is 9.70. The second-order valence-corrected chi connectivity index (χ2v) is 6.58. The molecule has 0 atom stereocenters. The minimum absolute atomic E-state index is 0.00255. The average molecular weight is 410 g/mol. The summed E-state index contributed by atoms with van der Waals surface area (Å²) in [5.41, 5.74) is 2.46. The molecule has 0 spiro atoms. The summed E-state index contributed by atoms with van der Waals surface area (Å²) in [6.07, 6.45) is -3.18. The number of H-pyrrole nitrogens is 1. The van der Waals surface area contributed by atoms with Gasteiger partial charge in [-0.15, -0.1) is 0 Å². The van der Waals surface area contributed by atoms with Gasteiger partial charge in [-0.2, -0.15) is 18.3 Å². The Morgan fingerprint density at radius 2 is 1.93 bits per heavy atom. The lowest BCUT2D eigenvalue weighted by Crippen LogP contribution is -2.20. The number of nitrogens with one attached hydrogen (secondary N) is 1. The number of hydrogen-bond acceptors (Lipinski definition) is 4. The number of rotatable bonds is 6. The van der Waals surface area contributed by atoms with E-state index in [0.717, 1.165) is 5.69 Å². The van der Waals surface area contributed by atoms with Crippen molar-refractivity contribution in [2.75, 3.05) is 6.61 Å². The summed E-state index contributed by atoms with van der Waals surface area (Å²) >= 11 is 5.88. The molecule has 0 aliphatic rings. The minimum Gasteiger partial charge on any atom is -0.468 e. The van der Waals surface area contributed by atoms with Gasteiger partial charge in [0.2, 0.25) is 5.88 Å². The predicted octanol–water partition coefficient (Wildman–Crippen LogP) is 4.80. The summed E-state index contributed by atoms with van der Waals surface area (Å²) in [5, 5.41) is 7.09. The molecule has 0 fully saturated rings. The molecule has 3 aromatic rings. The van der Waals surface area contributed by atoms with Crippen LogP contribution in [0.4, 0.5) is 13.2 Å². The van der Waals surface area contributed by atoms with Gasteiger partial charge in [0.25, 0.3) is 0 Å². The molecule has 9 heteroatoms. The molecule has 0 saturated carbocycles. The molecule has 0 saturated heterocycles. The number of ketones is 1. The van der Waals surface area contributed by atoms with Gasteiger partial charge >= 0.3 is 6.18 Å². The van der Waals surface area contributed by atoms with Gasteiger partial charge in [-0.3, -0.25) is 9.89 Å². The van der Waals surface area contributed by atoms with Crippen molar-refractivity contribution in [3.63, 3.8) is 0 Å². The van der Waals surface area contributed by atoms with Crippen molar-refractivity contribution in [2.45, 2.75) is 19.5 Å². The number of alkyl halides is 3. The first kappa shape index (κ1) is 19.9. The highest BCUT2D eigenvalue weighted by atomic mass is 35.5. The lowest BCUT2D eigenvalue weighted by atomic mass is 10.0. The first-order valence-electron chi connectivity index (χ1n) is 8.21. The number of aromatic nitrogens is 3. The van der Waals surface area contributed by atoms with Crippen molar-refractivity contribution in [3.05, 3.63) is 64.6 Å². The number of nitrogens with zero attached hydrogens (tertiary/aromatic N) is 2. The van der Waals surface area contributed by atoms with Crippen LogP contribution in [0.5, 0.6) is 5.88 Å². The zero-order valence-electron chi connectivity index (χ0n) is 14.7. The van der Waals surface area contributed by atoms with Crippen LogP contribution in [-0.2, 0) is 6.42 Å². The van der Waals surface area contributed by atoms with Crippen LogP contribution in [0.3, 0.4) is 0 Å². The lowest BCUT2D eigenvalue weighted by molar-refractivity contribution is -0.154. The van der Waals surface area contributed by atoms with E-state index in [-0.39, 0.29) is 23.8 Å². The molecule has 1 N–H and O–H groups in total. The smallest absolute Gasteiger partial charge is 0.422 e. The molecule has 3 rings (SSSR count). The van der Waals surface area contributed by atoms with E-state index in [1.165, 1.54) is 6.20 Å². The maximum atomic E-state index is 12.5. The van der Waals surface area contributed by atoms with Gasteiger partial charge in [-0.1, -0.05) is 23.7 Å². The van der Waals surface area contributed by atoms with E-state index >= 15 is 0 Å². The van der Waals surface area contributed by atoms with Gasteiger partial charge in [-0.05, 0) is 42.3 Å². The van der Waals surface area contributed by atoms with Gasteiger partial charge in [0.15, 0.2) is 12.4 Å². The monoisotopic (exact) mass is 409 g/mol. The number of aryl methyl sites for hydroxylation is 1. The van der Waals surface area contributed by atoms with Crippen LogP contribution >= 0.6 is 11.6 Å². The van der Waals surface area contributed by atoms with Crippen molar-refractivity contribution in [3.8, 4) is 17.0 Å². The van der Waals surface area contributed by atoms with Crippen LogP contribution in [0.15, 0.2) is 42.6 Å². The number of Topliss-reactive ketones (excluding diaryl/α,β-unsaturated/α-hetero) is 1. The van der Waals surface area contributed by atoms with Gasteiger partial charge in [0.1, 0.15) is 5.69 Å². The van der Waals surface area contributed by atoms with Gasteiger partial charge in [0.05, 0.1) is 0 Å². The Bertz CT molecular complexity index is 985. The van der Waals surface area contributed by atoms with Crippen molar-refractivity contribution in [2.24, 2.45) is 0 Å². The second-order valence-electron chi connectivity index (χ2n) is 6.14. The standard InChI is InChI=1S/C19H15ClF3N3O2/c1-11-6-16(26-25-11)17(27)8-12-7-15(13-2-4-14(20)5-3-13)18(24-9-12)28-10-19(21,22)23/h2-7,9H,8,10H2,1H3,(H,25,26). The van der Waals surface area contributed by atoms with Crippen LogP contribution in [0.2, 0.25) is 5.02 Å². The van der Waals surface area contributed by atoms with E-state index in [1.54, 1.807) is 43.3 Å². The zero-order chi connectivity index (χ0) is 20.3. The third-order valence-corrected chi connectivity index (χ3v) is 4.04. The van der Waals surface area contributed by atoms with Crippen molar-refractivity contribution >= 4 is 17.4 Å². The Morgan fingerprint density at radius 3 is 2.54 bits per heavy atom. The van der Waals surface area contributed by atoms with Crippen LogP contribution in [0, 0.1) is 6.92 Å². The SMILES string of the molecule is Cc1cc(C(=O)Cc2cnc(OCC(F)(F)F)c(-c3ccc(Cl)cc3)c2)n[nH]1. The molecular formula is C19H15ClF3N3O2. The average Bonchev–Trinajstić information content (AvgIpc) is 3.07. The van der Waals surface area contributed by atoms with Gasteiger partial charge in [-0.25, -0.2) is 4.98 Å². The van der Waals surface area contributed by atoms with Crippen molar-refractivity contribution in [1.82, 2.24) is 15.2 Å². The fourth-order valence-corrected chi connectivity index (χ4v) is 2.66. The highest BCUT2D eigenvalue weighted by Gasteiger charge is 2.29. The van der Waals surface area contributed by atoms with Crippen LogP contribution in [-0.4, -0.2) is 33.7 Å². The van der Waals surface area contributed by atoms with E-state index < -0.39 is 12.8 Å². The molecule has 2 aromatic heterocycles. The molecule has 5 nitrogen and oxygen atoms in total. The minimum atomic E-state index is -4.49. The zero-order valence-corrected chi connectivity index (χ0v) is 15.4. The number of aromatic amines is 1. The van der Waals surface area contributed by atoms with E-state index in [2.05, 4.69) is 15.2 Å². The third-order valence-electron chi connectivity index (χ3n) is 3.79. The Kier molecular flexibility index (Phi) is 5.69. The van der Waals surface area contributed by atoms with Crippen molar-refractivity contribution in [1.29, 1.82) is 0 Å². The highest BCUT2D eigenvalue weighted by Crippen LogP contribution is 2.31. The molecule has 1 aromatic carbocycles. The molecule has 146 valence electrons. The Morgan fingerprint density at radius 1 is 1.21 bits per heavy atom. The summed E-state index contributed by atoms with van der Waals surface area (Å²) < 4.78 is 42.5. The summed E-state index contributed by atoms with van der Waals surface area (Å²) in [7, 11) is 0. The van der Waals surface area contributed by atoms with E-state index in [4.69, 9.17) is 16.3 Å². The predicted molar refractivity (Wildman–Crippen MR) is 97.6 cm³/mol. The summed E-state index contributed by atoms with van der Waals surface area (Å²) in [5.74, 6) is -0.413. The van der Waals surface area contributed by atoms with Crippen LogP contribution in [0.25, 0.3) is 11.1 Å². The first-order chi connectivity index (χ1) is 13.2. The van der Waals surface area contributed by atoms with E-state index in [1.807, 2.05) is 0 Å². The Balaban J connectivity index is 1.91. The fourth-order valence-electron chi connectivity index (χ4n) is 2.53. The van der Waals surface area contributed by atoms with Gasteiger partial charge < -0.3 is 4.74 Å². The van der Waals surface area contributed by atoms with Gasteiger partial charge in [0, 0.05) is 28.9 Å². The van der Waals surface area contributed by atoms with Crippen molar-refractivity contribution < 1.29 is 22.7 Å². The number of carbonyl (C=O) groups is 1. The normalized spacial score (nSPS) is 11.5. The molecule has 0 unspecified atom stereocenters. The molecule has 0 aliphatic heterocycles. The Hall–Kier alpha value is -2.87. The number of halogens is 4. The molecule has 0 radical (unpaired) electrons. The summed E-state index contributed by atoms with van der Waals surface area (Å²) in [6.45, 7) is 0.308. The van der Waals surface area contributed by atoms with E-state index in [0.29, 0.717) is 21.7 Å². The Labute approximate surface area is 163 Å².